The highest BCUT2D eigenvalue weighted by Crippen LogP contribution is 2.62. The first kappa shape index (κ1) is 44.6. The molecule has 3 aromatic rings. The predicted octanol–water partition coefficient (Wildman–Crippen LogP) is 10.1. The molecule has 1 amide bonds. The van der Waals surface area contributed by atoms with Crippen LogP contribution in [0.15, 0.2) is 115 Å². The molecule has 3 aliphatic rings. The van der Waals surface area contributed by atoms with Gasteiger partial charge in [-0.1, -0.05) is 91.3 Å². The molecule has 1 heterocycles. The molecule has 3 aromatic carbocycles. The Hall–Kier alpha value is -4.90. The molecule has 0 aromatic heterocycles. The van der Waals surface area contributed by atoms with Crippen molar-refractivity contribution in [3.8, 4) is 11.5 Å². The van der Waals surface area contributed by atoms with Crippen molar-refractivity contribution in [1.82, 2.24) is 4.90 Å². The number of ether oxygens (including phenoxy) is 4. The van der Waals surface area contributed by atoms with Gasteiger partial charge in [0.2, 0.25) is 5.79 Å². The Kier molecular flexibility index (Phi) is 15.3. The molecule has 6 rings (SSSR count). The van der Waals surface area contributed by atoms with E-state index in [4.69, 9.17) is 28.9 Å². The SMILES string of the molecule is C=CCCOC(=O)N(Cc1cccc2ccccc12)[C@H]1CC(=NOC(C)(C)C)C2=C[C@H](CCCCO)[C@@H](CCCCO)[C@@H]3c4cc(OCC=C)ccc4O[C@@]1(OCC=C)[C@H]23. The first-order chi connectivity index (χ1) is 29.1. The number of allylic oxidation sites excluding steroid dienone is 1. The lowest BCUT2D eigenvalue weighted by Gasteiger charge is -2.60. The van der Waals surface area contributed by atoms with E-state index < -0.39 is 29.4 Å². The third-order valence-electron chi connectivity index (χ3n) is 11.8. The van der Waals surface area contributed by atoms with Gasteiger partial charge >= 0.3 is 6.09 Å². The second-order valence-electron chi connectivity index (χ2n) is 17.0. The Balaban J connectivity index is 1.63. The van der Waals surface area contributed by atoms with Gasteiger partial charge in [0, 0.05) is 31.1 Å². The molecule has 0 radical (unpaired) electrons. The number of hydrogen-bond donors (Lipinski definition) is 2. The van der Waals surface area contributed by atoms with E-state index in [0.717, 1.165) is 58.9 Å². The fraction of sp³-hybridized carbons (Fsp3) is 0.480. The summed E-state index contributed by atoms with van der Waals surface area (Å²) >= 11 is 0. The topological polar surface area (TPSA) is 119 Å². The zero-order valence-electron chi connectivity index (χ0n) is 35.7. The summed E-state index contributed by atoms with van der Waals surface area (Å²) in [6, 6.07) is 19.5. The maximum atomic E-state index is 14.8. The van der Waals surface area contributed by atoms with Crippen molar-refractivity contribution in [3.63, 3.8) is 0 Å². The molecular weight excluding hydrogens is 757 g/mol. The minimum atomic E-state index is -1.44. The van der Waals surface area contributed by atoms with Gasteiger partial charge < -0.3 is 34.0 Å². The van der Waals surface area contributed by atoms with Crippen LogP contribution in [0.25, 0.3) is 10.8 Å². The van der Waals surface area contributed by atoms with Gasteiger partial charge in [-0.25, -0.2) is 4.79 Å². The number of benzene rings is 3. The summed E-state index contributed by atoms with van der Waals surface area (Å²) < 4.78 is 26.8. The molecule has 60 heavy (non-hydrogen) atoms. The number of rotatable bonds is 21. The second-order valence-corrected chi connectivity index (χ2v) is 17.0. The quantitative estimate of drug-likeness (QED) is 0.0620. The van der Waals surface area contributed by atoms with Crippen molar-refractivity contribution in [1.29, 1.82) is 0 Å². The van der Waals surface area contributed by atoms with E-state index in [2.05, 4.69) is 56.1 Å². The monoisotopic (exact) mass is 820 g/mol. The van der Waals surface area contributed by atoms with Crippen LogP contribution < -0.4 is 9.47 Å². The summed E-state index contributed by atoms with van der Waals surface area (Å²) in [5.41, 5.74) is 3.01. The highest BCUT2D eigenvalue weighted by molar-refractivity contribution is 6.03. The van der Waals surface area contributed by atoms with Crippen LogP contribution in [0.5, 0.6) is 11.5 Å². The number of carbonyl (C=O) groups is 1. The van der Waals surface area contributed by atoms with Crippen molar-refractivity contribution in [2.75, 3.05) is 33.0 Å². The standard InChI is InChI=1S/C50H64N2O8/c1-7-10-30-57-48(55)52(34-37-21-17-20-35-18-11-12-22-39(35)37)45-33-43(51-60-49(4,5)6)41-31-36(19-13-15-26-53)40(23-14-16-27-54)46-42-32-38(56-28-8-2)24-25-44(42)59-50(45,47(41)46)58-29-9-3/h7-9,11-12,17-18,20-22,24-25,31-32,36,40,45-47,53-54H,1-3,10,13-16,19,23,26-30,33-34H2,4-6H3/t36-,40+,45-,46+,47+,50+/m0/s1. The Morgan fingerprint density at radius 3 is 2.43 bits per heavy atom. The van der Waals surface area contributed by atoms with Crippen LogP contribution in [0.4, 0.5) is 4.79 Å². The Labute approximate surface area is 356 Å². The lowest BCUT2D eigenvalue weighted by atomic mass is 9.55. The number of fused-ring (bicyclic) bond motifs is 3. The molecule has 322 valence electrons. The van der Waals surface area contributed by atoms with Crippen molar-refractivity contribution in [2.24, 2.45) is 22.9 Å². The van der Waals surface area contributed by atoms with Crippen LogP contribution in [0.1, 0.15) is 89.2 Å². The first-order valence-electron chi connectivity index (χ1n) is 21.6. The van der Waals surface area contributed by atoms with E-state index in [-0.39, 0.29) is 57.1 Å². The maximum Gasteiger partial charge on any atom is 0.410 e. The Morgan fingerprint density at radius 1 is 0.950 bits per heavy atom. The second kappa shape index (κ2) is 20.6. The minimum absolute atomic E-state index is 0.0718. The zero-order chi connectivity index (χ0) is 42.7. The van der Waals surface area contributed by atoms with Gasteiger partial charge in [-0.05, 0) is 105 Å². The molecule has 0 unspecified atom stereocenters. The van der Waals surface area contributed by atoms with E-state index >= 15 is 0 Å². The molecule has 6 atom stereocenters. The maximum absolute atomic E-state index is 14.8. The van der Waals surface area contributed by atoms with E-state index in [0.29, 0.717) is 37.4 Å². The molecule has 0 saturated heterocycles. The van der Waals surface area contributed by atoms with Crippen LogP contribution in [-0.2, 0) is 20.9 Å². The van der Waals surface area contributed by atoms with Gasteiger partial charge in [-0.15, -0.1) is 13.2 Å². The molecule has 10 nitrogen and oxygen atoms in total. The number of aliphatic hydroxyl groups excluding tert-OH is 2. The van der Waals surface area contributed by atoms with Crippen LogP contribution in [0.3, 0.4) is 0 Å². The number of hydrogen-bond acceptors (Lipinski definition) is 9. The highest BCUT2D eigenvalue weighted by Gasteiger charge is 2.65. The average Bonchev–Trinajstić information content (AvgIpc) is 3.24. The molecule has 0 spiro atoms. The number of unbranched alkanes of at least 4 members (excludes halogenated alkanes) is 2. The van der Waals surface area contributed by atoms with Crippen LogP contribution in [-0.4, -0.2) is 77.4 Å². The summed E-state index contributed by atoms with van der Waals surface area (Å²) in [5, 5.41) is 26.9. The summed E-state index contributed by atoms with van der Waals surface area (Å²) in [5.74, 6) is -0.584. The van der Waals surface area contributed by atoms with Crippen molar-refractivity contribution < 1.29 is 38.8 Å². The predicted molar refractivity (Wildman–Crippen MR) is 237 cm³/mol. The number of aliphatic hydroxyl groups is 2. The molecule has 2 aliphatic carbocycles. The van der Waals surface area contributed by atoms with Gasteiger partial charge in [-0.2, -0.15) is 0 Å². The van der Waals surface area contributed by atoms with Crippen molar-refractivity contribution in [3.05, 3.63) is 121 Å². The van der Waals surface area contributed by atoms with Crippen molar-refractivity contribution in [2.45, 2.75) is 102 Å². The van der Waals surface area contributed by atoms with Gasteiger partial charge in [0.1, 0.15) is 29.7 Å². The normalized spacial score (nSPS) is 23.7. The lowest BCUT2D eigenvalue weighted by molar-refractivity contribution is -0.256. The van der Waals surface area contributed by atoms with Gasteiger partial charge in [0.25, 0.3) is 0 Å². The van der Waals surface area contributed by atoms with E-state index in [1.54, 1.807) is 23.1 Å². The summed E-state index contributed by atoms with van der Waals surface area (Å²) in [6.45, 7) is 18.8. The smallest absolute Gasteiger partial charge is 0.410 e. The Morgan fingerprint density at radius 2 is 1.70 bits per heavy atom. The van der Waals surface area contributed by atoms with Crippen LogP contribution >= 0.6 is 0 Å². The highest BCUT2D eigenvalue weighted by atomic mass is 16.7. The fourth-order valence-electron chi connectivity index (χ4n) is 9.31. The summed E-state index contributed by atoms with van der Waals surface area (Å²) in [4.78, 5) is 22.9. The summed E-state index contributed by atoms with van der Waals surface area (Å²) in [7, 11) is 0. The molecule has 2 N–H and O–H groups in total. The summed E-state index contributed by atoms with van der Waals surface area (Å²) in [6.07, 6.45) is 12.4. The average molecular weight is 821 g/mol. The third kappa shape index (κ3) is 9.99. The van der Waals surface area contributed by atoms with Gasteiger partial charge in [-0.3, -0.25) is 4.90 Å². The molecule has 1 aliphatic heterocycles. The number of nitrogens with zero attached hydrogens (tertiary/aromatic N) is 2. The molecule has 10 heteroatoms. The zero-order valence-corrected chi connectivity index (χ0v) is 35.7. The van der Waals surface area contributed by atoms with Crippen LogP contribution in [0, 0.1) is 17.8 Å². The van der Waals surface area contributed by atoms with Gasteiger partial charge in [0.05, 0.1) is 31.4 Å². The first-order valence-corrected chi connectivity index (χ1v) is 21.6. The number of oxime groups is 1. The third-order valence-corrected chi connectivity index (χ3v) is 11.8. The van der Waals surface area contributed by atoms with E-state index in [9.17, 15) is 15.0 Å². The fourth-order valence-corrected chi connectivity index (χ4v) is 9.31. The van der Waals surface area contributed by atoms with Crippen LogP contribution in [0.2, 0.25) is 0 Å². The molecule has 0 bridgehead atoms. The largest absolute Gasteiger partial charge is 0.490 e. The van der Waals surface area contributed by atoms with E-state index in [1.165, 1.54) is 0 Å². The Bertz CT molecular complexity index is 2010. The van der Waals surface area contributed by atoms with E-state index in [1.807, 2.05) is 51.1 Å². The number of carbonyl (C=O) groups excluding carboxylic acids is 1. The van der Waals surface area contributed by atoms with Crippen molar-refractivity contribution >= 4 is 22.6 Å². The molecule has 1 saturated carbocycles. The molecule has 1 fully saturated rings. The van der Waals surface area contributed by atoms with Gasteiger partial charge in [0.15, 0.2) is 0 Å². The number of amides is 1. The molecular formula is C50H64N2O8. The lowest BCUT2D eigenvalue weighted by Crippen LogP contribution is -2.70. The minimum Gasteiger partial charge on any atom is -0.490 e.